The first-order valence-electron chi connectivity index (χ1n) is 5.94. The number of hydrogen-bond donors (Lipinski definition) is 1. The number of halogens is 1. The summed E-state index contributed by atoms with van der Waals surface area (Å²) in [7, 11) is -2.87. The van der Waals surface area contributed by atoms with Crippen molar-refractivity contribution in [3.63, 3.8) is 0 Å². The zero-order valence-corrected chi connectivity index (χ0v) is 13.4. The lowest BCUT2D eigenvalue weighted by molar-refractivity contribution is 0.527. The third-order valence-corrected chi connectivity index (χ3v) is 4.49. The van der Waals surface area contributed by atoms with Gasteiger partial charge in [-0.3, -0.25) is 0 Å². The van der Waals surface area contributed by atoms with Gasteiger partial charge in [-0.2, -0.15) is 0 Å². The Kier molecular flexibility index (Phi) is 5.82. The van der Waals surface area contributed by atoms with E-state index >= 15 is 0 Å². The third-order valence-electron chi connectivity index (χ3n) is 2.77. The van der Waals surface area contributed by atoms with Crippen LogP contribution in [-0.2, 0) is 16.4 Å². The number of hydrogen-bond acceptors (Lipinski definition) is 3. The molecule has 0 aliphatic rings. The van der Waals surface area contributed by atoms with Gasteiger partial charge >= 0.3 is 0 Å². The van der Waals surface area contributed by atoms with Crippen LogP contribution in [0.3, 0.4) is 0 Å². The Morgan fingerprint density at radius 3 is 2.61 bits per heavy atom. The monoisotopic (exact) mass is 333 g/mol. The molecule has 1 aromatic rings. The van der Waals surface area contributed by atoms with Crippen LogP contribution in [0.5, 0.6) is 0 Å². The molecule has 0 spiro atoms. The van der Waals surface area contributed by atoms with Crippen molar-refractivity contribution in [2.75, 3.05) is 12.0 Å². The average Bonchev–Trinajstić information content (AvgIpc) is 2.24. The fourth-order valence-corrected chi connectivity index (χ4v) is 2.99. The fourth-order valence-electron chi connectivity index (χ4n) is 1.57. The Morgan fingerprint density at radius 1 is 1.39 bits per heavy atom. The van der Waals surface area contributed by atoms with E-state index in [1.165, 1.54) is 17.4 Å². The van der Waals surface area contributed by atoms with E-state index in [0.29, 0.717) is 6.42 Å². The minimum absolute atomic E-state index is 0.188. The molecule has 5 heteroatoms. The highest BCUT2D eigenvalue weighted by molar-refractivity contribution is 9.10. The number of nitrogens with one attached hydrogen (secondary N) is 1. The SMILES string of the molecule is Cc1ccc(CNC(C)CCS(C)(=O)=O)c(Br)c1. The lowest BCUT2D eigenvalue weighted by Gasteiger charge is -2.14. The van der Waals surface area contributed by atoms with Crippen LogP contribution in [0, 0.1) is 6.92 Å². The minimum Gasteiger partial charge on any atom is -0.310 e. The molecule has 18 heavy (non-hydrogen) atoms. The summed E-state index contributed by atoms with van der Waals surface area (Å²) in [6.45, 7) is 4.80. The van der Waals surface area contributed by atoms with Crippen LogP contribution in [0.4, 0.5) is 0 Å². The van der Waals surface area contributed by atoms with E-state index in [9.17, 15) is 8.42 Å². The maximum Gasteiger partial charge on any atom is 0.147 e. The molecule has 0 aromatic heterocycles. The molecule has 0 saturated carbocycles. The molecule has 0 saturated heterocycles. The topological polar surface area (TPSA) is 46.2 Å². The molecule has 3 nitrogen and oxygen atoms in total. The second-order valence-corrected chi connectivity index (χ2v) is 7.91. The standard InChI is InChI=1S/C13H20BrNO2S/c1-10-4-5-12(13(14)8-10)9-15-11(2)6-7-18(3,16)17/h4-5,8,11,15H,6-7,9H2,1-3H3. The van der Waals surface area contributed by atoms with Gasteiger partial charge < -0.3 is 5.32 Å². The second-order valence-electron chi connectivity index (χ2n) is 4.80. The van der Waals surface area contributed by atoms with Crippen LogP contribution in [0.25, 0.3) is 0 Å². The van der Waals surface area contributed by atoms with Gasteiger partial charge in [0.1, 0.15) is 9.84 Å². The molecule has 1 rings (SSSR count). The first kappa shape index (κ1) is 15.7. The molecule has 0 fully saturated rings. The van der Waals surface area contributed by atoms with Crippen LogP contribution in [-0.4, -0.2) is 26.5 Å². The summed E-state index contributed by atoms with van der Waals surface area (Å²) in [5.41, 5.74) is 2.41. The quantitative estimate of drug-likeness (QED) is 0.870. The second kappa shape index (κ2) is 6.68. The van der Waals surface area contributed by atoms with Crippen LogP contribution in [0.15, 0.2) is 22.7 Å². The van der Waals surface area contributed by atoms with Crippen molar-refractivity contribution in [3.05, 3.63) is 33.8 Å². The highest BCUT2D eigenvalue weighted by Crippen LogP contribution is 2.18. The number of sulfone groups is 1. The molecular weight excluding hydrogens is 314 g/mol. The Balaban J connectivity index is 2.45. The molecule has 0 heterocycles. The average molecular weight is 334 g/mol. The van der Waals surface area contributed by atoms with Gasteiger partial charge in [-0.25, -0.2) is 8.42 Å². The number of aryl methyl sites for hydroxylation is 1. The Labute approximate surface area is 118 Å². The molecule has 0 aliphatic carbocycles. The summed E-state index contributed by atoms with van der Waals surface area (Å²) in [4.78, 5) is 0. The molecule has 0 radical (unpaired) electrons. The van der Waals surface area contributed by atoms with Crippen LogP contribution < -0.4 is 5.32 Å². The summed E-state index contributed by atoms with van der Waals surface area (Å²) in [6, 6.07) is 6.42. The highest BCUT2D eigenvalue weighted by atomic mass is 79.9. The summed E-state index contributed by atoms with van der Waals surface area (Å²) >= 11 is 3.53. The van der Waals surface area contributed by atoms with E-state index in [2.05, 4.69) is 46.4 Å². The minimum atomic E-state index is -2.87. The van der Waals surface area contributed by atoms with Gasteiger partial charge in [0.05, 0.1) is 5.75 Å². The van der Waals surface area contributed by atoms with Gasteiger partial charge in [0.25, 0.3) is 0 Å². The van der Waals surface area contributed by atoms with E-state index in [0.717, 1.165) is 11.0 Å². The maximum absolute atomic E-state index is 11.1. The van der Waals surface area contributed by atoms with Gasteiger partial charge in [0, 0.05) is 23.3 Å². The third kappa shape index (κ3) is 5.98. The first-order valence-corrected chi connectivity index (χ1v) is 8.79. The smallest absolute Gasteiger partial charge is 0.147 e. The Bertz CT molecular complexity index is 500. The normalized spacial score (nSPS) is 13.6. The van der Waals surface area contributed by atoms with Crippen molar-refractivity contribution in [1.29, 1.82) is 0 Å². The molecule has 0 bridgehead atoms. The summed E-state index contributed by atoms with van der Waals surface area (Å²) < 4.78 is 23.2. The van der Waals surface area contributed by atoms with Gasteiger partial charge in [-0.1, -0.05) is 28.1 Å². The zero-order valence-electron chi connectivity index (χ0n) is 11.0. The molecule has 0 amide bonds. The van der Waals surface area contributed by atoms with Crippen molar-refractivity contribution in [2.45, 2.75) is 32.9 Å². The Hall–Kier alpha value is -0.390. The molecule has 102 valence electrons. The van der Waals surface area contributed by atoms with Gasteiger partial charge in [0.15, 0.2) is 0 Å². The van der Waals surface area contributed by atoms with E-state index in [4.69, 9.17) is 0 Å². The van der Waals surface area contributed by atoms with Gasteiger partial charge in [0.2, 0.25) is 0 Å². The lowest BCUT2D eigenvalue weighted by Crippen LogP contribution is -2.27. The predicted molar refractivity (Wildman–Crippen MR) is 79.5 cm³/mol. The highest BCUT2D eigenvalue weighted by Gasteiger charge is 2.08. The van der Waals surface area contributed by atoms with Crippen LogP contribution >= 0.6 is 15.9 Å². The predicted octanol–water partition coefficient (Wildman–Crippen LogP) is 2.67. The van der Waals surface area contributed by atoms with Gasteiger partial charge in [-0.15, -0.1) is 0 Å². The molecule has 1 atom stereocenters. The van der Waals surface area contributed by atoms with Crippen molar-refractivity contribution >= 4 is 25.8 Å². The molecule has 0 aliphatic heterocycles. The van der Waals surface area contributed by atoms with E-state index in [1.807, 2.05) is 6.92 Å². The first-order chi connectivity index (χ1) is 8.28. The van der Waals surface area contributed by atoms with Crippen molar-refractivity contribution in [1.82, 2.24) is 5.32 Å². The summed E-state index contributed by atoms with van der Waals surface area (Å²) in [5, 5.41) is 3.34. The molecule has 1 aromatic carbocycles. The van der Waals surface area contributed by atoms with E-state index < -0.39 is 9.84 Å². The number of benzene rings is 1. The van der Waals surface area contributed by atoms with Gasteiger partial charge in [-0.05, 0) is 37.5 Å². The van der Waals surface area contributed by atoms with Crippen molar-refractivity contribution < 1.29 is 8.42 Å². The summed E-state index contributed by atoms with van der Waals surface area (Å²) in [5.74, 6) is 0.232. The fraction of sp³-hybridized carbons (Fsp3) is 0.538. The largest absolute Gasteiger partial charge is 0.310 e. The number of rotatable bonds is 6. The Morgan fingerprint density at radius 2 is 2.06 bits per heavy atom. The van der Waals surface area contributed by atoms with Crippen molar-refractivity contribution in [2.24, 2.45) is 0 Å². The van der Waals surface area contributed by atoms with Crippen LogP contribution in [0.1, 0.15) is 24.5 Å². The van der Waals surface area contributed by atoms with Crippen molar-refractivity contribution in [3.8, 4) is 0 Å². The lowest BCUT2D eigenvalue weighted by atomic mass is 10.1. The summed E-state index contributed by atoms with van der Waals surface area (Å²) in [6.07, 6.45) is 1.92. The van der Waals surface area contributed by atoms with Crippen LogP contribution in [0.2, 0.25) is 0 Å². The van der Waals surface area contributed by atoms with E-state index in [1.54, 1.807) is 0 Å². The zero-order chi connectivity index (χ0) is 13.8. The molecule has 1 unspecified atom stereocenters. The van der Waals surface area contributed by atoms with E-state index in [-0.39, 0.29) is 11.8 Å². The molecular formula is C13H20BrNO2S. The molecule has 1 N–H and O–H groups in total. The maximum atomic E-state index is 11.1.